The number of methoxy groups -OCH3 is 1. The van der Waals surface area contributed by atoms with E-state index in [-0.39, 0.29) is 0 Å². The van der Waals surface area contributed by atoms with E-state index >= 15 is 0 Å². The fraction of sp³-hybridized carbons (Fsp3) is 0.273. The molecule has 0 aromatic heterocycles. The second kappa shape index (κ2) is 3.96. The van der Waals surface area contributed by atoms with Crippen LogP contribution in [-0.4, -0.2) is 7.11 Å². The molecule has 0 atom stereocenters. The van der Waals surface area contributed by atoms with Crippen molar-refractivity contribution in [2.45, 2.75) is 13.8 Å². The van der Waals surface area contributed by atoms with Crippen LogP contribution in [0.3, 0.4) is 0 Å². The Morgan fingerprint density at radius 1 is 1.25 bits per heavy atom. The summed E-state index contributed by atoms with van der Waals surface area (Å²) in [6, 6.07) is 8.08. The summed E-state index contributed by atoms with van der Waals surface area (Å²) in [6.07, 6.45) is 2.10. The molecule has 0 saturated heterocycles. The number of ether oxygens (including phenoxy) is 1. The summed E-state index contributed by atoms with van der Waals surface area (Å²) < 4.78 is 5.06. The summed E-state index contributed by atoms with van der Waals surface area (Å²) in [6.45, 7) is 4.14. The average Bonchev–Trinajstić information content (AvgIpc) is 2.17. The number of benzene rings is 1. The lowest BCUT2D eigenvalue weighted by Gasteiger charge is -2.02. The maximum atomic E-state index is 5.06. The van der Waals surface area contributed by atoms with Gasteiger partial charge in [-0.2, -0.15) is 0 Å². The predicted molar refractivity (Wildman–Crippen MR) is 52.3 cm³/mol. The second-order valence-corrected chi connectivity index (χ2v) is 2.70. The van der Waals surface area contributed by atoms with E-state index in [1.807, 2.05) is 19.1 Å². The molecule has 1 nitrogen and oxygen atoms in total. The monoisotopic (exact) mass is 162 g/mol. The summed E-state index contributed by atoms with van der Waals surface area (Å²) in [7, 11) is 1.68. The van der Waals surface area contributed by atoms with Crippen LogP contribution in [0.4, 0.5) is 0 Å². The molecule has 64 valence electrons. The Kier molecular flexibility index (Phi) is 2.92. The molecular formula is C11H14O. The fourth-order valence-corrected chi connectivity index (χ4v) is 1.02. The van der Waals surface area contributed by atoms with Crippen LogP contribution in [0.5, 0.6) is 5.75 Å². The van der Waals surface area contributed by atoms with Gasteiger partial charge < -0.3 is 4.74 Å². The highest BCUT2D eigenvalue weighted by Crippen LogP contribution is 2.17. The van der Waals surface area contributed by atoms with E-state index in [2.05, 4.69) is 25.1 Å². The first-order chi connectivity index (χ1) is 5.77. The first-order valence-electron chi connectivity index (χ1n) is 4.05. The Hall–Kier alpha value is -1.24. The van der Waals surface area contributed by atoms with Crippen LogP contribution in [0.15, 0.2) is 30.3 Å². The molecule has 0 amide bonds. The third-order valence-corrected chi connectivity index (χ3v) is 1.98. The van der Waals surface area contributed by atoms with Gasteiger partial charge in [0.25, 0.3) is 0 Å². The highest BCUT2D eigenvalue weighted by Gasteiger charge is 1.94. The molecule has 0 aliphatic heterocycles. The van der Waals surface area contributed by atoms with E-state index in [0.717, 1.165) is 5.75 Å². The Morgan fingerprint density at radius 2 is 1.83 bits per heavy atom. The molecule has 1 heteroatoms. The Balaban J connectivity index is 2.92. The van der Waals surface area contributed by atoms with Crippen LogP contribution in [-0.2, 0) is 0 Å². The summed E-state index contributed by atoms with van der Waals surface area (Å²) in [5, 5.41) is 0. The van der Waals surface area contributed by atoms with E-state index in [4.69, 9.17) is 4.74 Å². The molecule has 0 N–H and O–H groups in total. The van der Waals surface area contributed by atoms with Crippen molar-refractivity contribution in [3.8, 4) is 5.75 Å². The fourth-order valence-electron chi connectivity index (χ4n) is 1.02. The van der Waals surface area contributed by atoms with Crippen LogP contribution in [0.2, 0.25) is 0 Å². The maximum absolute atomic E-state index is 5.06. The van der Waals surface area contributed by atoms with Crippen molar-refractivity contribution in [2.75, 3.05) is 7.11 Å². The quantitative estimate of drug-likeness (QED) is 0.649. The van der Waals surface area contributed by atoms with Gasteiger partial charge in [-0.3, -0.25) is 0 Å². The SMILES string of the molecule is C/C=C(\C)c1ccc(OC)cc1. The molecule has 0 unspecified atom stereocenters. The zero-order valence-corrected chi connectivity index (χ0v) is 7.79. The summed E-state index contributed by atoms with van der Waals surface area (Å²) >= 11 is 0. The molecule has 12 heavy (non-hydrogen) atoms. The topological polar surface area (TPSA) is 9.23 Å². The van der Waals surface area contributed by atoms with Gasteiger partial charge in [-0.25, -0.2) is 0 Å². The standard InChI is InChI=1S/C11H14O/c1-4-9(2)10-5-7-11(12-3)8-6-10/h4-8H,1-3H3/b9-4+. The third kappa shape index (κ3) is 1.88. The van der Waals surface area contributed by atoms with Crippen molar-refractivity contribution in [3.05, 3.63) is 35.9 Å². The Morgan fingerprint density at radius 3 is 2.25 bits per heavy atom. The summed E-state index contributed by atoms with van der Waals surface area (Å²) in [5.41, 5.74) is 2.54. The molecular weight excluding hydrogens is 148 g/mol. The van der Waals surface area contributed by atoms with Crippen molar-refractivity contribution >= 4 is 5.57 Å². The minimum absolute atomic E-state index is 0.905. The highest BCUT2D eigenvalue weighted by atomic mass is 16.5. The average molecular weight is 162 g/mol. The van der Waals surface area contributed by atoms with Crippen LogP contribution in [0.1, 0.15) is 19.4 Å². The van der Waals surface area contributed by atoms with E-state index in [1.54, 1.807) is 7.11 Å². The second-order valence-electron chi connectivity index (χ2n) is 2.70. The predicted octanol–water partition coefficient (Wildman–Crippen LogP) is 3.12. The van der Waals surface area contributed by atoms with Gasteiger partial charge in [-0.15, -0.1) is 0 Å². The normalized spacial score (nSPS) is 11.4. The molecule has 1 aromatic rings. The number of hydrogen-bond acceptors (Lipinski definition) is 1. The van der Waals surface area contributed by atoms with Gasteiger partial charge >= 0.3 is 0 Å². The molecule has 0 saturated carbocycles. The molecule has 1 aromatic carbocycles. The van der Waals surface area contributed by atoms with Crippen LogP contribution < -0.4 is 4.74 Å². The van der Waals surface area contributed by atoms with E-state index in [1.165, 1.54) is 11.1 Å². The molecule has 1 rings (SSSR count). The smallest absolute Gasteiger partial charge is 0.118 e. The van der Waals surface area contributed by atoms with Crippen molar-refractivity contribution < 1.29 is 4.74 Å². The molecule has 0 aliphatic rings. The zero-order chi connectivity index (χ0) is 8.97. The highest BCUT2D eigenvalue weighted by molar-refractivity contribution is 5.63. The van der Waals surface area contributed by atoms with E-state index < -0.39 is 0 Å². The van der Waals surface area contributed by atoms with Gasteiger partial charge in [0.05, 0.1) is 7.11 Å². The van der Waals surface area contributed by atoms with Crippen molar-refractivity contribution in [2.24, 2.45) is 0 Å². The van der Waals surface area contributed by atoms with Gasteiger partial charge in [0.1, 0.15) is 5.75 Å². The first kappa shape index (κ1) is 8.85. The lowest BCUT2D eigenvalue weighted by molar-refractivity contribution is 0.415. The number of hydrogen-bond donors (Lipinski definition) is 0. The Labute approximate surface area is 73.7 Å². The van der Waals surface area contributed by atoms with Crippen LogP contribution in [0.25, 0.3) is 5.57 Å². The van der Waals surface area contributed by atoms with Gasteiger partial charge in [-0.1, -0.05) is 18.2 Å². The van der Waals surface area contributed by atoms with Crippen LogP contribution in [0, 0.1) is 0 Å². The molecule has 0 radical (unpaired) electrons. The number of allylic oxidation sites excluding steroid dienone is 2. The Bertz CT molecular complexity index is 270. The minimum atomic E-state index is 0.905. The molecule has 0 bridgehead atoms. The number of rotatable bonds is 2. The first-order valence-corrected chi connectivity index (χ1v) is 4.05. The van der Waals surface area contributed by atoms with Crippen molar-refractivity contribution in [3.63, 3.8) is 0 Å². The van der Waals surface area contributed by atoms with Crippen molar-refractivity contribution in [1.82, 2.24) is 0 Å². The largest absolute Gasteiger partial charge is 0.497 e. The lowest BCUT2D eigenvalue weighted by atomic mass is 10.1. The van der Waals surface area contributed by atoms with Crippen molar-refractivity contribution in [1.29, 1.82) is 0 Å². The summed E-state index contributed by atoms with van der Waals surface area (Å²) in [4.78, 5) is 0. The van der Waals surface area contributed by atoms with E-state index in [0.29, 0.717) is 0 Å². The molecule has 0 heterocycles. The molecule has 0 aliphatic carbocycles. The van der Waals surface area contributed by atoms with Gasteiger partial charge in [0, 0.05) is 0 Å². The lowest BCUT2D eigenvalue weighted by Crippen LogP contribution is -1.83. The molecule has 0 spiro atoms. The maximum Gasteiger partial charge on any atom is 0.118 e. The summed E-state index contributed by atoms with van der Waals surface area (Å²) in [5.74, 6) is 0.905. The van der Waals surface area contributed by atoms with Crippen LogP contribution >= 0.6 is 0 Å². The zero-order valence-electron chi connectivity index (χ0n) is 7.79. The minimum Gasteiger partial charge on any atom is -0.497 e. The van der Waals surface area contributed by atoms with Gasteiger partial charge in [0.2, 0.25) is 0 Å². The van der Waals surface area contributed by atoms with Gasteiger partial charge in [0.15, 0.2) is 0 Å². The van der Waals surface area contributed by atoms with Gasteiger partial charge in [-0.05, 0) is 37.1 Å². The van der Waals surface area contributed by atoms with E-state index in [9.17, 15) is 0 Å². The molecule has 0 fully saturated rings. The third-order valence-electron chi connectivity index (χ3n) is 1.98.